The van der Waals surface area contributed by atoms with E-state index in [1.807, 2.05) is 0 Å². The van der Waals surface area contributed by atoms with Crippen molar-refractivity contribution >= 4 is 0 Å². The lowest BCUT2D eigenvalue weighted by atomic mass is 9.78. The molecular formula is C16H26O. The summed E-state index contributed by atoms with van der Waals surface area (Å²) in [6.45, 7) is 11.4. The number of aliphatic hydroxyl groups is 1. The largest absolute Gasteiger partial charge is 0.396 e. The first-order valence-corrected chi connectivity index (χ1v) is 6.55. The van der Waals surface area contributed by atoms with Gasteiger partial charge in [0, 0.05) is 6.61 Å². The van der Waals surface area contributed by atoms with Gasteiger partial charge in [0.05, 0.1) is 0 Å². The quantitative estimate of drug-likeness (QED) is 0.815. The Morgan fingerprint density at radius 2 is 1.29 bits per heavy atom. The third-order valence-corrected chi connectivity index (χ3v) is 4.07. The molecule has 0 aliphatic rings. The van der Waals surface area contributed by atoms with Crippen molar-refractivity contribution in [1.82, 2.24) is 0 Å². The molecule has 1 nitrogen and oxygen atoms in total. The van der Waals surface area contributed by atoms with Gasteiger partial charge in [0.1, 0.15) is 0 Å². The van der Waals surface area contributed by atoms with Crippen LogP contribution in [-0.4, -0.2) is 11.7 Å². The molecule has 0 atom stereocenters. The molecule has 0 bridgehead atoms. The van der Waals surface area contributed by atoms with E-state index in [4.69, 9.17) is 5.11 Å². The van der Waals surface area contributed by atoms with Gasteiger partial charge >= 0.3 is 0 Å². The predicted octanol–water partition coefficient (Wildman–Crippen LogP) is 4.03. The molecule has 17 heavy (non-hydrogen) atoms. The summed E-state index contributed by atoms with van der Waals surface area (Å²) in [5.41, 5.74) is 3.01. The second-order valence-corrected chi connectivity index (χ2v) is 6.17. The van der Waals surface area contributed by atoms with Crippen LogP contribution < -0.4 is 0 Å². The molecule has 0 saturated heterocycles. The van der Waals surface area contributed by atoms with E-state index in [0.717, 1.165) is 12.8 Å². The second kappa shape index (κ2) is 5.22. The maximum absolute atomic E-state index is 9.09. The molecular weight excluding hydrogens is 208 g/mol. The zero-order chi connectivity index (χ0) is 13.1. The summed E-state index contributed by atoms with van der Waals surface area (Å²) in [4.78, 5) is 0. The Kier molecular flexibility index (Phi) is 4.37. The van der Waals surface area contributed by atoms with Gasteiger partial charge < -0.3 is 5.11 Å². The molecule has 0 amide bonds. The van der Waals surface area contributed by atoms with Crippen molar-refractivity contribution in [2.75, 3.05) is 6.61 Å². The summed E-state index contributed by atoms with van der Waals surface area (Å²) in [7, 11) is 0. The molecule has 0 fully saturated rings. The fraction of sp³-hybridized carbons (Fsp3) is 0.625. The van der Waals surface area contributed by atoms with Crippen molar-refractivity contribution in [3.8, 4) is 0 Å². The molecule has 0 aromatic heterocycles. The third-order valence-electron chi connectivity index (χ3n) is 4.07. The van der Waals surface area contributed by atoms with Crippen molar-refractivity contribution in [3.05, 3.63) is 35.4 Å². The zero-order valence-electron chi connectivity index (χ0n) is 11.9. The van der Waals surface area contributed by atoms with Crippen LogP contribution in [0.2, 0.25) is 0 Å². The molecule has 1 heteroatoms. The number of aliphatic hydroxyl groups excluding tert-OH is 1. The van der Waals surface area contributed by atoms with Crippen molar-refractivity contribution in [1.29, 1.82) is 0 Å². The van der Waals surface area contributed by atoms with Crippen LogP contribution in [0, 0.1) is 0 Å². The fourth-order valence-electron chi connectivity index (χ4n) is 2.00. The van der Waals surface area contributed by atoms with Gasteiger partial charge in [0.25, 0.3) is 0 Å². The Morgan fingerprint density at radius 1 is 0.882 bits per heavy atom. The van der Waals surface area contributed by atoms with Crippen LogP contribution in [0.5, 0.6) is 0 Å². The lowest BCUT2D eigenvalue weighted by Crippen LogP contribution is -2.20. The average Bonchev–Trinajstić information content (AvgIpc) is 2.29. The Morgan fingerprint density at radius 3 is 1.65 bits per heavy atom. The summed E-state index contributed by atoms with van der Waals surface area (Å²) in [5, 5.41) is 9.09. The third kappa shape index (κ3) is 3.32. The Balaban J connectivity index is 2.96. The minimum atomic E-state index is 0.0592. The molecule has 0 unspecified atom stereocenters. The number of hydrogen-bond acceptors (Lipinski definition) is 1. The Hall–Kier alpha value is -0.820. The molecule has 1 N–H and O–H groups in total. The van der Waals surface area contributed by atoms with Gasteiger partial charge in [0.15, 0.2) is 0 Å². The van der Waals surface area contributed by atoms with Gasteiger partial charge in [-0.1, -0.05) is 58.9 Å². The van der Waals surface area contributed by atoms with Crippen LogP contribution in [0.4, 0.5) is 0 Å². The molecule has 0 radical (unpaired) electrons. The fourth-order valence-corrected chi connectivity index (χ4v) is 2.00. The highest BCUT2D eigenvalue weighted by Crippen LogP contribution is 2.31. The summed E-state index contributed by atoms with van der Waals surface area (Å²) < 4.78 is 0. The number of benzene rings is 1. The van der Waals surface area contributed by atoms with Crippen LogP contribution in [0.3, 0.4) is 0 Å². The van der Waals surface area contributed by atoms with E-state index in [1.54, 1.807) is 0 Å². The van der Waals surface area contributed by atoms with E-state index < -0.39 is 0 Å². The molecule has 0 aliphatic carbocycles. The highest BCUT2D eigenvalue weighted by molar-refractivity contribution is 5.31. The van der Waals surface area contributed by atoms with Crippen molar-refractivity contribution < 1.29 is 5.11 Å². The van der Waals surface area contributed by atoms with E-state index in [9.17, 15) is 0 Å². The van der Waals surface area contributed by atoms with E-state index in [-0.39, 0.29) is 17.4 Å². The van der Waals surface area contributed by atoms with Crippen LogP contribution in [0.25, 0.3) is 0 Å². The maximum Gasteiger partial charge on any atom is 0.0439 e. The summed E-state index contributed by atoms with van der Waals surface area (Å²) in [6.07, 6.45) is 1.95. The van der Waals surface area contributed by atoms with Gasteiger partial charge in [-0.25, -0.2) is 0 Å². The maximum atomic E-state index is 9.09. The molecule has 1 aromatic rings. The normalized spacial score (nSPS) is 12.8. The van der Waals surface area contributed by atoms with E-state index in [0.29, 0.717) is 0 Å². The van der Waals surface area contributed by atoms with Gasteiger partial charge in [-0.2, -0.15) is 0 Å². The minimum Gasteiger partial charge on any atom is -0.396 e. The van der Waals surface area contributed by atoms with Gasteiger partial charge in [-0.05, 0) is 34.8 Å². The SMILES string of the molecule is CCC(C)(C)c1ccc(C(C)(C)CCO)cc1. The number of rotatable bonds is 5. The van der Waals surface area contributed by atoms with E-state index >= 15 is 0 Å². The van der Waals surface area contributed by atoms with Crippen molar-refractivity contribution in [2.24, 2.45) is 0 Å². The lowest BCUT2D eigenvalue weighted by molar-refractivity contribution is 0.252. The first kappa shape index (κ1) is 14.2. The standard InChI is InChI=1S/C16H26O/c1-6-15(2,3)13-7-9-14(10-8-13)16(4,5)11-12-17/h7-10,17H,6,11-12H2,1-5H3. The highest BCUT2D eigenvalue weighted by Gasteiger charge is 2.22. The van der Waals surface area contributed by atoms with Gasteiger partial charge in [-0.15, -0.1) is 0 Å². The van der Waals surface area contributed by atoms with Crippen molar-refractivity contribution in [2.45, 2.75) is 58.3 Å². The topological polar surface area (TPSA) is 20.2 Å². The molecule has 1 rings (SSSR count). The molecule has 0 aliphatic heterocycles. The molecule has 0 heterocycles. The van der Waals surface area contributed by atoms with E-state index in [1.165, 1.54) is 11.1 Å². The zero-order valence-corrected chi connectivity index (χ0v) is 11.9. The van der Waals surface area contributed by atoms with Crippen LogP contribution in [0.15, 0.2) is 24.3 Å². The summed E-state index contributed by atoms with van der Waals surface area (Å²) in [5.74, 6) is 0. The van der Waals surface area contributed by atoms with Crippen LogP contribution >= 0.6 is 0 Å². The Bertz CT molecular complexity index is 346. The lowest BCUT2D eigenvalue weighted by Gasteiger charge is -2.27. The predicted molar refractivity (Wildman–Crippen MR) is 74.5 cm³/mol. The first-order valence-electron chi connectivity index (χ1n) is 6.55. The van der Waals surface area contributed by atoms with Gasteiger partial charge in [0.2, 0.25) is 0 Å². The van der Waals surface area contributed by atoms with Crippen LogP contribution in [-0.2, 0) is 10.8 Å². The smallest absolute Gasteiger partial charge is 0.0439 e. The van der Waals surface area contributed by atoms with Crippen LogP contribution in [0.1, 0.15) is 58.6 Å². The van der Waals surface area contributed by atoms with E-state index in [2.05, 4.69) is 58.9 Å². The van der Waals surface area contributed by atoms with Gasteiger partial charge in [-0.3, -0.25) is 0 Å². The first-order chi connectivity index (χ1) is 7.83. The number of hydrogen-bond donors (Lipinski definition) is 1. The average molecular weight is 234 g/mol. The molecule has 1 aromatic carbocycles. The second-order valence-electron chi connectivity index (χ2n) is 6.17. The van der Waals surface area contributed by atoms with Crippen molar-refractivity contribution in [3.63, 3.8) is 0 Å². The highest BCUT2D eigenvalue weighted by atomic mass is 16.3. The molecule has 0 saturated carbocycles. The molecule has 0 spiro atoms. The summed E-state index contributed by atoms with van der Waals surface area (Å²) >= 11 is 0. The minimum absolute atomic E-state index is 0.0592. The summed E-state index contributed by atoms with van der Waals surface area (Å²) in [6, 6.07) is 8.89. The molecule has 96 valence electrons. The Labute approximate surface area is 106 Å². The monoisotopic (exact) mass is 234 g/mol.